The van der Waals surface area contributed by atoms with Gasteiger partial charge in [0.05, 0.1) is 30.6 Å². The Morgan fingerprint density at radius 2 is 2.06 bits per heavy atom. The van der Waals surface area contributed by atoms with Crippen LogP contribution in [0.15, 0.2) is 43.0 Å². The molecule has 8 nitrogen and oxygen atoms in total. The van der Waals surface area contributed by atoms with Gasteiger partial charge in [-0.05, 0) is 31.7 Å². The standard InChI is InChI=1S/C26H34N2O6/c1-4-9-16(3)27(14-5-2)24(31)22-26-13-12-19(34-26)20(25(32)33)21(26)23(30)28(22)18(15-29)17-10-7-6-8-11-17/h5-8,10-11,16,18-22,29H,2,4,9,12-15H2,1,3H3,(H,32,33)/t16?,18-,19-,20+,21+,22-,26+/m1/s1. The molecule has 1 unspecified atom stereocenters. The number of nitrogens with zero attached hydrogens (tertiary/aromatic N) is 2. The number of carboxylic acids is 1. The molecule has 3 aliphatic rings. The van der Waals surface area contributed by atoms with Crippen LogP contribution in [0.2, 0.25) is 0 Å². The first-order valence-electron chi connectivity index (χ1n) is 12.1. The molecular weight excluding hydrogens is 436 g/mol. The van der Waals surface area contributed by atoms with Crippen LogP contribution < -0.4 is 0 Å². The number of aliphatic hydroxyl groups excluding tert-OH is 1. The van der Waals surface area contributed by atoms with Crippen LogP contribution in [-0.2, 0) is 19.1 Å². The molecule has 2 amide bonds. The van der Waals surface area contributed by atoms with Gasteiger partial charge in [0.1, 0.15) is 11.6 Å². The molecule has 2 N–H and O–H groups in total. The second kappa shape index (κ2) is 9.50. The third-order valence-corrected chi connectivity index (χ3v) is 7.80. The smallest absolute Gasteiger partial charge is 0.310 e. The number of carbonyl (C=O) groups is 3. The van der Waals surface area contributed by atoms with Gasteiger partial charge >= 0.3 is 5.97 Å². The second-order valence-corrected chi connectivity index (χ2v) is 9.67. The summed E-state index contributed by atoms with van der Waals surface area (Å²) in [4.78, 5) is 43.5. The average molecular weight is 471 g/mol. The molecule has 2 bridgehead atoms. The van der Waals surface area contributed by atoms with E-state index < -0.39 is 54.1 Å². The lowest BCUT2D eigenvalue weighted by Gasteiger charge is -2.41. The van der Waals surface area contributed by atoms with Crippen molar-refractivity contribution in [2.75, 3.05) is 13.2 Å². The number of carboxylic acid groups (broad SMARTS) is 1. The van der Waals surface area contributed by atoms with Gasteiger partial charge in [0.25, 0.3) is 0 Å². The zero-order valence-electron chi connectivity index (χ0n) is 19.8. The number of aliphatic hydroxyl groups is 1. The van der Waals surface area contributed by atoms with Gasteiger partial charge in [-0.2, -0.15) is 0 Å². The summed E-state index contributed by atoms with van der Waals surface area (Å²) in [6.45, 7) is 7.73. The Morgan fingerprint density at radius 3 is 2.65 bits per heavy atom. The minimum Gasteiger partial charge on any atom is -0.481 e. The quantitative estimate of drug-likeness (QED) is 0.509. The third-order valence-electron chi connectivity index (χ3n) is 7.80. The van der Waals surface area contributed by atoms with Crippen LogP contribution >= 0.6 is 0 Å². The minimum absolute atomic E-state index is 0.0962. The molecule has 1 aromatic rings. The Hall–Kier alpha value is -2.71. The fourth-order valence-corrected chi connectivity index (χ4v) is 6.37. The topological polar surface area (TPSA) is 107 Å². The van der Waals surface area contributed by atoms with E-state index in [4.69, 9.17) is 4.74 Å². The van der Waals surface area contributed by atoms with E-state index in [1.807, 2.05) is 32.0 Å². The second-order valence-electron chi connectivity index (χ2n) is 9.67. The Bertz CT molecular complexity index is 952. The van der Waals surface area contributed by atoms with Crippen molar-refractivity contribution < 1.29 is 29.3 Å². The highest BCUT2D eigenvalue weighted by Crippen LogP contribution is 2.59. The molecule has 4 rings (SSSR count). The summed E-state index contributed by atoms with van der Waals surface area (Å²) in [5.41, 5.74) is -0.527. The molecule has 3 heterocycles. The number of aliphatic carboxylic acids is 1. The van der Waals surface area contributed by atoms with Crippen molar-refractivity contribution in [2.24, 2.45) is 11.8 Å². The Labute approximate surface area is 200 Å². The largest absolute Gasteiger partial charge is 0.481 e. The molecule has 3 aliphatic heterocycles. The number of carbonyl (C=O) groups excluding carboxylic acids is 2. The zero-order valence-corrected chi connectivity index (χ0v) is 19.8. The first kappa shape index (κ1) is 24.4. The van der Waals surface area contributed by atoms with Gasteiger partial charge in [-0.15, -0.1) is 6.58 Å². The van der Waals surface area contributed by atoms with Crippen LogP contribution in [0.5, 0.6) is 0 Å². The van der Waals surface area contributed by atoms with E-state index in [9.17, 15) is 24.6 Å². The van der Waals surface area contributed by atoms with Crippen molar-refractivity contribution in [3.8, 4) is 0 Å². The Morgan fingerprint density at radius 1 is 1.35 bits per heavy atom. The summed E-state index contributed by atoms with van der Waals surface area (Å²) in [5, 5.41) is 20.4. The van der Waals surface area contributed by atoms with Crippen molar-refractivity contribution in [1.82, 2.24) is 9.80 Å². The molecule has 1 spiro atoms. The monoisotopic (exact) mass is 470 g/mol. The van der Waals surface area contributed by atoms with Crippen molar-refractivity contribution >= 4 is 17.8 Å². The molecular formula is C26H34N2O6. The predicted molar refractivity (Wildman–Crippen MR) is 125 cm³/mol. The van der Waals surface area contributed by atoms with Gasteiger partial charge in [-0.1, -0.05) is 49.8 Å². The summed E-state index contributed by atoms with van der Waals surface area (Å²) in [6.07, 6.45) is 3.65. The number of ether oxygens (including phenoxy) is 1. The number of rotatable bonds is 10. The lowest BCUT2D eigenvalue weighted by Crippen LogP contribution is -2.58. The van der Waals surface area contributed by atoms with E-state index in [1.54, 1.807) is 23.1 Å². The molecule has 0 saturated carbocycles. The lowest BCUT2D eigenvalue weighted by atomic mass is 9.70. The van der Waals surface area contributed by atoms with Crippen LogP contribution in [0, 0.1) is 11.8 Å². The highest BCUT2D eigenvalue weighted by atomic mass is 16.5. The fourth-order valence-electron chi connectivity index (χ4n) is 6.37. The van der Waals surface area contributed by atoms with E-state index in [1.165, 1.54) is 4.90 Å². The van der Waals surface area contributed by atoms with Crippen LogP contribution in [0.3, 0.4) is 0 Å². The molecule has 0 aromatic heterocycles. The summed E-state index contributed by atoms with van der Waals surface area (Å²) >= 11 is 0. The Balaban J connectivity index is 1.84. The minimum atomic E-state index is -1.21. The van der Waals surface area contributed by atoms with Crippen LogP contribution in [0.4, 0.5) is 0 Å². The summed E-state index contributed by atoms with van der Waals surface area (Å²) < 4.78 is 6.29. The normalized spacial score (nSPS) is 31.3. The number of likely N-dealkylation sites (tertiary alicyclic amines) is 1. The first-order chi connectivity index (χ1) is 16.3. The first-order valence-corrected chi connectivity index (χ1v) is 12.1. The molecule has 34 heavy (non-hydrogen) atoms. The van der Waals surface area contributed by atoms with E-state index in [-0.39, 0.29) is 11.9 Å². The number of fused-ring (bicyclic) bond motifs is 1. The van der Waals surface area contributed by atoms with Crippen molar-refractivity contribution in [3.63, 3.8) is 0 Å². The Kier molecular flexibility index (Phi) is 6.82. The van der Waals surface area contributed by atoms with Crippen molar-refractivity contribution in [2.45, 2.75) is 69.4 Å². The van der Waals surface area contributed by atoms with Gasteiger partial charge in [0.15, 0.2) is 0 Å². The van der Waals surface area contributed by atoms with Gasteiger partial charge in [0.2, 0.25) is 11.8 Å². The summed E-state index contributed by atoms with van der Waals surface area (Å²) in [5.74, 6) is -3.75. The van der Waals surface area contributed by atoms with Gasteiger partial charge in [-0.25, -0.2) is 0 Å². The van der Waals surface area contributed by atoms with Gasteiger partial charge < -0.3 is 24.7 Å². The van der Waals surface area contributed by atoms with E-state index in [0.717, 1.165) is 12.8 Å². The molecule has 0 aliphatic carbocycles. The average Bonchev–Trinajstić information content (AvgIpc) is 3.46. The third kappa shape index (κ3) is 3.64. The van der Waals surface area contributed by atoms with Gasteiger partial charge in [0, 0.05) is 12.6 Å². The summed E-state index contributed by atoms with van der Waals surface area (Å²) in [6, 6.07) is 7.16. The molecule has 0 radical (unpaired) electrons. The highest BCUT2D eigenvalue weighted by Gasteiger charge is 2.75. The van der Waals surface area contributed by atoms with Gasteiger partial charge in [-0.3, -0.25) is 14.4 Å². The molecule has 1 aromatic carbocycles. The molecule has 3 saturated heterocycles. The number of hydrogen-bond acceptors (Lipinski definition) is 5. The molecule has 3 fully saturated rings. The summed E-state index contributed by atoms with van der Waals surface area (Å²) in [7, 11) is 0. The van der Waals surface area contributed by atoms with E-state index in [2.05, 4.69) is 6.58 Å². The lowest BCUT2D eigenvalue weighted by molar-refractivity contribution is -0.154. The van der Waals surface area contributed by atoms with Crippen LogP contribution in [0.1, 0.15) is 51.1 Å². The maximum atomic E-state index is 14.2. The van der Waals surface area contributed by atoms with Crippen LogP contribution in [-0.4, -0.2) is 74.7 Å². The fraction of sp³-hybridized carbons (Fsp3) is 0.577. The number of benzene rings is 1. The zero-order chi connectivity index (χ0) is 24.6. The van der Waals surface area contributed by atoms with Crippen molar-refractivity contribution in [1.29, 1.82) is 0 Å². The predicted octanol–water partition coefficient (Wildman–Crippen LogP) is 2.38. The highest BCUT2D eigenvalue weighted by molar-refractivity contribution is 5.98. The number of amides is 2. The van der Waals surface area contributed by atoms with E-state index in [0.29, 0.717) is 24.9 Å². The van der Waals surface area contributed by atoms with Crippen molar-refractivity contribution in [3.05, 3.63) is 48.6 Å². The maximum absolute atomic E-state index is 14.2. The molecule has 8 heteroatoms. The van der Waals surface area contributed by atoms with E-state index >= 15 is 0 Å². The maximum Gasteiger partial charge on any atom is 0.310 e. The number of hydrogen-bond donors (Lipinski definition) is 2. The molecule has 184 valence electrons. The van der Waals surface area contributed by atoms with Crippen LogP contribution in [0.25, 0.3) is 0 Å². The molecule has 7 atom stereocenters. The SMILES string of the molecule is C=CCN(C(=O)[C@H]1N([C@H](CO)c2ccccc2)C(=O)[C@@H]2[C@@H](C(=O)O)[C@H]3CC[C@]21O3)C(C)CCC.